The third-order valence-corrected chi connectivity index (χ3v) is 7.53. The molecule has 0 radical (unpaired) electrons. The largest absolute Gasteiger partial charge is 0.377 e. The average molecular weight is 415 g/mol. The summed E-state index contributed by atoms with van der Waals surface area (Å²) in [6, 6.07) is 18.6. The van der Waals surface area contributed by atoms with Gasteiger partial charge in [-0.15, -0.1) is 11.3 Å². The van der Waals surface area contributed by atoms with Crippen molar-refractivity contribution in [3.8, 4) is 0 Å². The van der Waals surface area contributed by atoms with Crippen molar-refractivity contribution in [2.45, 2.75) is 32.2 Å². The second kappa shape index (κ2) is 7.77. The van der Waals surface area contributed by atoms with Gasteiger partial charge in [-0.05, 0) is 79.1 Å². The van der Waals surface area contributed by atoms with Gasteiger partial charge in [0.2, 0.25) is 0 Å². The molecule has 2 aliphatic rings. The lowest BCUT2D eigenvalue weighted by Gasteiger charge is -2.37. The first kappa shape index (κ1) is 19.1. The first-order valence-electron chi connectivity index (χ1n) is 10.7. The summed E-state index contributed by atoms with van der Waals surface area (Å²) in [5, 5.41) is 5.98. The quantitative estimate of drug-likeness (QED) is 0.491. The molecule has 2 heterocycles. The Morgan fingerprint density at radius 1 is 1.17 bits per heavy atom. The fraction of sp³-hybridized carbons (Fsp3) is 0.269. The Labute approximate surface area is 182 Å². The molecule has 1 amide bonds. The minimum Gasteiger partial charge on any atom is -0.377 e. The number of nitrogens with zero attached hydrogens (tertiary/aromatic N) is 1. The summed E-state index contributed by atoms with van der Waals surface area (Å²) in [5.41, 5.74) is 5.45. The molecule has 3 atom stereocenters. The molecule has 0 fully saturated rings. The highest BCUT2D eigenvalue weighted by Crippen LogP contribution is 2.51. The van der Waals surface area contributed by atoms with E-state index in [0.717, 1.165) is 23.4 Å². The van der Waals surface area contributed by atoms with E-state index in [1.807, 2.05) is 59.6 Å². The minimum absolute atomic E-state index is 0.0567. The fourth-order valence-electron chi connectivity index (χ4n) is 4.90. The maximum absolute atomic E-state index is 13.3. The third kappa shape index (κ3) is 3.16. The summed E-state index contributed by atoms with van der Waals surface area (Å²) >= 11 is 1.84. The van der Waals surface area contributed by atoms with Crippen molar-refractivity contribution in [3.05, 3.63) is 93.7 Å². The molecule has 1 aromatic heterocycles. The number of para-hydroxylation sites is 1. The van der Waals surface area contributed by atoms with E-state index >= 15 is 0 Å². The van der Waals surface area contributed by atoms with Gasteiger partial charge in [0.05, 0.1) is 6.04 Å². The van der Waals surface area contributed by atoms with E-state index in [-0.39, 0.29) is 5.91 Å². The molecule has 4 heteroatoms. The molecule has 0 bridgehead atoms. The van der Waals surface area contributed by atoms with Crippen LogP contribution in [0.3, 0.4) is 0 Å². The molecule has 3 unspecified atom stereocenters. The molecule has 3 nitrogen and oxygen atoms in total. The van der Waals surface area contributed by atoms with E-state index in [9.17, 15) is 4.79 Å². The molecule has 30 heavy (non-hydrogen) atoms. The molecule has 2 aromatic carbocycles. The molecule has 0 spiro atoms. The smallest absolute Gasteiger partial charge is 0.258 e. The van der Waals surface area contributed by atoms with E-state index in [1.165, 1.54) is 16.0 Å². The van der Waals surface area contributed by atoms with Gasteiger partial charge in [0.25, 0.3) is 5.91 Å². The van der Waals surface area contributed by atoms with Gasteiger partial charge in [-0.1, -0.05) is 30.4 Å². The Hall–Kier alpha value is -2.85. The molecule has 3 aromatic rings. The Bertz CT molecular complexity index is 1100. The Kier molecular flexibility index (Phi) is 4.95. The van der Waals surface area contributed by atoms with Gasteiger partial charge < -0.3 is 10.2 Å². The summed E-state index contributed by atoms with van der Waals surface area (Å²) in [6.45, 7) is 4.86. The summed E-state index contributed by atoms with van der Waals surface area (Å²) in [7, 11) is 0. The molecular formula is C26H26N2OS. The van der Waals surface area contributed by atoms with Gasteiger partial charge >= 0.3 is 0 Å². The first-order valence-corrected chi connectivity index (χ1v) is 11.5. The highest BCUT2D eigenvalue weighted by atomic mass is 32.1. The minimum atomic E-state index is 0.0567. The summed E-state index contributed by atoms with van der Waals surface area (Å²) in [4.78, 5) is 16.6. The topological polar surface area (TPSA) is 32.3 Å². The molecule has 0 saturated heterocycles. The maximum atomic E-state index is 13.3. The zero-order chi connectivity index (χ0) is 20.7. The highest BCUT2D eigenvalue weighted by molar-refractivity contribution is 7.10. The van der Waals surface area contributed by atoms with Gasteiger partial charge in [0.15, 0.2) is 0 Å². The third-order valence-electron chi connectivity index (χ3n) is 6.42. The van der Waals surface area contributed by atoms with Crippen LogP contribution < -0.4 is 10.2 Å². The normalized spacial score (nSPS) is 21.6. The van der Waals surface area contributed by atoms with Gasteiger partial charge in [-0.25, -0.2) is 0 Å². The van der Waals surface area contributed by atoms with E-state index in [1.54, 1.807) is 0 Å². The summed E-state index contributed by atoms with van der Waals surface area (Å²) in [5.74, 6) is 0.908. The molecule has 5 rings (SSSR count). The SMILES string of the molecule is CCN(C(=O)c1ccc2c(c1)C1C=CCC1C(c1sccc1C)N2)c1ccccc1. The number of fused-ring (bicyclic) bond motifs is 3. The van der Waals surface area contributed by atoms with Gasteiger partial charge in [0.1, 0.15) is 0 Å². The Balaban J connectivity index is 1.50. The van der Waals surface area contributed by atoms with E-state index in [4.69, 9.17) is 0 Å². The first-order chi connectivity index (χ1) is 14.7. The molecule has 0 saturated carbocycles. The lowest BCUT2D eigenvalue weighted by atomic mass is 9.78. The Morgan fingerprint density at radius 3 is 2.73 bits per heavy atom. The zero-order valence-corrected chi connectivity index (χ0v) is 18.2. The number of aryl methyl sites for hydroxylation is 1. The molecular weight excluding hydrogens is 388 g/mol. The van der Waals surface area contributed by atoms with Crippen LogP contribution in [0.15, 0.2) is 72.1 Å². The van der Waals surface area contributed by atoms with Crippen LogP contribution in [0.1, 0.15) is 51.7 Å². The van der Waals surface area contributed by atoms with Gasteiger partial charge in [-0.3, -0.25) is 4.79 Å². The number of anilines is 2. The molecule has 1 aliphatic heterocycles. The predicted octanol–water partition coefficient (Wildman–Crippen LogP) is 6.55. The van der Waals surface area contributed by atoms with Crippen molar-refractivity contribution in [2.75, 3.05) is 16.8 Å². The number of hydrogen-bond donors (Lipinski definition) is 1. The second-order valence-electron chi connectivity index (χ2n) is 8.13. The van der Waals surface area contributed by atoms with Crippen LogP contribution in [-0.4, -0.2) is 12.5 Å². The zero-order valence-electron chi connectivity index (χ0n) is 17.3. The summed E-state index contributed by atoms with van der Waals surface area (Å²) in [6.07, 6.45) is 5.71. The van der Waals surface area contributed by atoms with Crippen LogP contribution >= 0.6 is 11.3 Å². The lowest BCUT2D eigenvalue weighted by molar-refractivity contribution is 0.0988. The molecule has 1 N–H and O–H groups in total. The van der Waals surface area contributed by atoms with Crippen molar-refractivity contribution in [1.82, 2.24) is 0 Å². The van der Waals surface area contributed by atoms with Crippen molar-refractivity contribution >= 4 is 28.6 Å². The lowest BCUT2D eigenvalue weighted by Crippen LogP contribution is -2.32. The number of carbonyl (C=O) groups excluding carboxylic acids is 1. The monoisotopic (exact) mass is 414 g/mol. The number of hydrogen-bond acceptors (Lipinski definition) is 3. The van der Waals surface area contributed by atoms with Crippen molar-refractivity contribution < 1.29 is 4.79 Å². The van der Waals surface area contributed by atoms with Crippen LogP contribution in [0, 0.1) is 12.8 Å². The highest BCUT2D eigenvalue weighted by Gasteiger charge is 2.39. The van der Waals surface area contributed by atoms with Crippen LogP contribution in [0.25, 0.3) is 0 Å². The van der Waals surface area contributed by atoms with Gasteiger partial charge in [0, 0.05) is 34.3 Å². The van der Waals surface area contributed by atoms with Crippen LogP contribution in [0.4, 0.5) is 11.4 Å². The van der Waals surface area contributed by atoms with Crippen molar-refractivity contribution in [1.29, 1.82) is 0 Å². The average Bonchev–Trinajstić information content (AvgIpc) is 3.43. The number of allylic oxidation sites excluding steroid dienone is 2. The van der Waals surface area contributed by atoms with E-state index in [2.05, 4.69) is 48.0 Å². The Morgan fingerprint density at radius 2 is 2.00 bits per heavy atom. The predicted molar refractivity (Wildman–Crippen MR) is 126 cm³/mol. The number of nitrogens with one attached hydrogen (secondary N) is 1. The van der Waals surface area contributed by atoms with Crippen molar-refractivity contribution in [3.63, 3.8) is 0 Å². The number of amides is 1. The van der Waals surface area contributed by atoms with Gasteiger partial charge in [-0.2, -0.15) is 0 Å². The fourth-order valence-corrected chi connectivity index (χ4v) is 5.95. The van der Waals surface area contributed by atoms with Crippen LogP contribution in [0.2, 0.25) is 0 Å². The second-order valence-corrected chi connectivity index (χ2v) is 9.08. The number of rotatable bonds is 4. The van der Waals surface area contributed by atoms with E-state index < -0.39 is 0 Å². The number of carbonyl (C=O) groups is 1. The van der Waals surface area contributed by atoms with Crippen LogP contribution in [0.5, 0.6) is 0 Å². The van der Waals surface area contributed by atoms with E-state index in [0.29, 0.717) is 24.4 Å². The number of benzene rings is 2. The van der Waals surface area contributed by atoms with Crippen LogP contribution in [-0.2, 0) is 0 Å². The molecule has 152 valence electrons. The number of thiophene rings is 1. The maximum Gasteiger partial charge on any atom is 0.258 e. The summed E-state index contributed by atoms with van der Waals surface area (Å²) < 4.78 is 0. The molecule has 1 aliphatic carbocycles. The van der Waals surface area contributed by atoms with Crippen molar-refractivity contribution in [2.24, 2.45) is 5.92 Å². The standard InChI is InChI=1S/C26H26N2OS/c1-3-28(19-8-5-4-6-9-19)26(29)18-12-13-23-22(16-18)20-10-7-11-21(20)24(27-23)25-17(2)14-15-30-25/h4-10,12-16,20-21,24,27H,3,11H2,1-2H3.